The second-order valence-electron chi connectivity index (χ2n) is 7.17. The number of hydrogen-bond donors (Lipinski definition) is 2. The van der Waals surface area contributed by atoms with Crippen LogP contribution in [0.4, 0.5) is 5.69 Å². The fraction of sp³-hybridized carbons (Fsp3) is 0.632. The van der Waals surface area contributed by atoms with Gasteiger partial charge in [-0.2, -0.15) is 0 Å². The number of rotatable bonds is 6. The lowest BCUT2D eigenvalue weighted by Gasteiger charge is -2.20. The molecule has 1 saturated heterocycles. The molecule has 1 aliphatic heterocycles. The minimum absolute atomic E-state index is 0.164. The van der Waals surface area contributed by atoms with E-state index in [1.54, 1.807) is 7.11 Å². The van der Waals surface area contributed by atoms with Gasteiger partial charge in [0.25, 0.3) is 0 Å². The zero-order chi connectivity index (χ0) is 16.9. The largest absolute Gasteiger partial charge is 0.497 e. The number of ether oxygens (including phenoxy) is 1. The number of anilines is 1. The van der Waals surface area contributed by atoms with Gasteiger partial charge in [0, 0.05) is 43.9 Å². The Hall–Kier alpha value is -1.75. The van der Waals surface area contributed by atoms with Gasteiger partial charge in [0.05, 0.1) is 7.11 Å². The van der Waals surface area contributed by atoms with Crippen molar-refractivity contribution in [1.82, 2.24) is 5.32 Å². The van der Waals surface area contributed by atoms with Crippen molar-refractivity contribution in [3.05, 3.63) is 24.3 Å². The summed E-state index contributed by atoms with van der Waals surface area (Å²) in [5.74, 6) is 1.94. The van der Waals surface area contributed by atoms with Crippen LogP contribution < -0.4 is 20.7 Å². The van der Waals surface area contributed by atoms with E-state index in [9.17, 15) is 4.79 Å². The van der Waals surface area contributed by atoms with E-state index in [0.29, 0.717) is 18.3 Å². The van der Waals surface area contributed by atoms with Crippen LogP contribution in [0, 0.1) is 11.8 Å². The topological polar surface area (TPSA) is 67.6 Å². The van der Waals surface area contributed by atoms with Crippen LogP contribution in [-0.4, -0.2) is 38.7 Å². The quantitative estimate of drug-likeness (QED) is 0.838. The first-order valence-corrected chi connectivity index (χ1v) is 9.07. The van der Waals surface area contributed by atoms with Crippen LogP contribution in [0.25, 0.3) is 0 Å². The van der Waals surface area contributed by atoms with Gasteiger partial charge in [-0.25, -0.2) is 0 Å². The van der Waals surface area contributed by atoms with Gasteiger partial charge in [-0.1, -0.05) is 12.5 Å². The number of carbonyl (C=O) groups excluding carboxylic acids is 1. The van der Waals surface area contributed by atoms with Crippen LogP contribution in [0.5, 0.6) is 5.75 Å². The van der Waals surface area contributed by atoms with Gasteiger partial charge in [0.15, 0.2) is 0 Å². The van der Waals surface area contributed by atoms with E-state index in [-0.39, 0.29) is 11.9 Å². The number of nitrogens with one attached hydrogen (secondary N) is 1. The minimum atomic E-state index is 0.164. The number of methoxy groups -OCH3 is 1. The highest BCUT2D eigenvalue weighted by molar-refractivity contribution is 5.76. The fourth-order valence-corrected chi connectivity index (χ4v) is 3.93. The molecule has 1 unspecified atom stereocenters. The molecule has 0 bridgehead atoms. The number of nitrogens with two attached hydrogens (primary N) is 1. The Morgan fingerprint density at radius 2 is 2.25 bits per heavy atom. The average molecular weight is 331 g/mol. The van der Waals surface area contributed by atoms with E-state index in [1.165, 1.54) is 5.69 Å². The molecule has 3 atom stereocenters. The van der Waals surface area contributed by atoms with Crippen molar-refractivity contribution in [1.29, 1.82) is 0 Å². The molecule has 5 nitrogen and oxygen atoms in total. The van der Waals surface area contributed by atoms with Crippen molar-refractivity contribution in [2.24, 2.45) is 17.6 Å². The van der Waals surface area contributed by atoms with Crippen LogP contribution in [0.1, 0.15) is 32.1 Å². The molecule has 1 aromatic carbocycles. The molecule has 1 aliphatic carbocycles. The van der Waals surface area contributed by atoms with Gasteiger partial charge >= 0.3 is 0 Å². The summed E-state index contributed by atoms with van der Waals surface area (Å²) >= 11 is 0. The number of hydrogen-bond acceptors (Lipinski definition) is 4. The number of nitrogens with zero attached hydrogens (tertiary/aromatic N) is 1. The van der Waals surface area contributed by atoms with Crippen LogP contribution in [0.2, 0.25) is 0 Å². The van der Waals surface area contributed by atoms with Gasteiger partial charge in [-0.05, 0) is 43.2 Å². The predicted octanol–water partition coefficient (Wildman–Crippen LogP) is 2.16. The average Bonchev–Trinajstić information content (AvgIpc) is 3.23. The summed E-state index contributed by atoms with van der Waals surface area (Å²) in [6.07, 6.45) is 5.03. The van der Waals surface area contributed by atoms with Crippen molar-refractivity contribution in [3.63, 3.8) is 0 Å². The molecule has 1 heterocycles. The maximum absolute atomic E-state index is 12.1. The summed E-state index contributed by atoms with van der Waals surface area (Å²) in [6.45, 7) is 2.78. The molecule has 3 rings (SSSR count). The fourth-order valence-electron chi connectivity index (χ4n) is 3.93. The van der Waals surface area contributed by atoms with Gasteiger partial charge in [0.1, 0.15) is 5.75 Å². The number of benzene rings is 1. The summed E-state index contributed by atoms with van der Waals surface area (Å²) in [5.41, 5.74) is 7.25. The molecule has 0 spiro atoms. The van der Waals surface area contributed by atoms with Gasteiger partial charge < -0.3 is 20.7 Å². The highest BCUT2D eigenvalue weighted by Crippen LogP contribution is 2.28. The molecule has 0 aromatic heterocycles. The number of carbonyl (C=O) groups is 1. The highest BCUT2D eigenvalue weighted by Gasteiger charge is 2.27. The minimum Gasteiger partial charge on any atom is -0.497 e. The smallest absolute Gasteiger partial charge is 0.220 e. The lowest BCUT2D eigenvalue weighted by atomic mass is 9.99. The predicted molar refractivity (Wildman–Crippen MR) is 96.3 cm³/mol. The molecule has 132 valence electrons. The van der Waals surface area contributed by atoms with E-state index in [0.717, 1.165) is 51.1 Å². The first-order chi connectivity index (χ1) is 11.7. The summed E-state index contributed by atoms with van der Waals surface area (Å²) in [7, 11) is 1.69. The second kappa shape index (κ2) is 7.88. The normalized spacial score (nSPS) is 26.6. The van der Waals surface area contributed by atoms with Crippen LogP contribution in [0.15, 0.2) is 24.3 Å². The van der Waals surface area contributed by atoms with E-state index >= 15 is 0 Å². The van der Waals surface area contributed by atoms with Crippen LogP contribution in [0.3, 0.4) is 0 Å². The van der Waals surface area contributed by atoms with Gasteiger partial charge in [-0.15, -0.1) is 0 Å². The molecule has 3 N–H and O–H groups in total. The van der Waals surface area contributed by atoms with Crippen LogP contribution in [-0.2, 0) is 4.79 Å². The summed E-state index contributed by atoms with van der Waals surface area (Å²) in [4.78, 5) is 14.5. The maximum Gasteiger partial charge on any atom is 0.220 e. The van der Waals surface area contributed by atoms with Gasteiger partial charge in [0.2, 0.25) is 5.91 Å². The molecule has 1 amide bonds. The Morgan fingerprint density at radius 1 is 1.38 bits per heavy atom. The Labute approximate surface area is 144 Å². The first kappa shape index (κ1) is 17.1. The third-order valence-corrected chi connectivity index (χ3v) is 5.46. The summed E-state index contributed by atoms with van der Waals surface area (Å²) < 4.78 is 5.30. The zero-order valence-electron chi connectivity index (χ0n) is 14.5. The first-order valence-electron chi connectivity index (χ1n) is 9.07. The maximum atomic E-state index is 12.1. The molecule has 1 aromatic rings. The Morgan fingerprint density at radius 3 is 3.00 bits per heavy atom. The zero-order valence-corrected chi connectivity index (χ0v) is 14.5. The Balaban J connectivity index is 1.43. The lowest BCUT2D eigenvalue weighted by Crippen LogP contribution is -2.34. The molecule has 1 saturated carbocycles. The SMILES string of the molecule is COc1cccc(N2CCC(CNC(=O)C[C@@H]3CCC[C@H]3N)C2)c1. The third-order valence-electron chi connectivity index (χ3n) is 5.46. The highest BCUT2D eigenvalue weighted by atomic mass is 16.5. The van der Waals surface area contributed by atoms with Crippen molar-refractivity contribution >= 4 is 11.6 Å². The van der Waals surface area contributed by atoms with Crippen molar-refractivity contribution in [2.45, 2.75) is 38.1 Å². The van der Waals surface area contributed by atoms with Gasteiger partial charge in [-0.3, -0.25) is 4.79 Å². The molecule has 0 radical (unpaired) electrons. The Kier molecular flexibility index (Phi) is 5.61. The van der Waals surface area contributed by atoms with Crippen molar-refractivity contribution < 1.29 is 9.53 Å². The monoisotopic (exact) mass is 331 g/mol. The van der Waals surface area contributed by atoms with E-state index in [4.69, 9.17) is 10.5 Å². The molecular weight excluding hydrogens is 302 g/mol. The molecule has 5 heteroatoms. The van der Waals surface area contributed by atoms with Crippen LogP contribution >= 0.6 is 0 Å². The standard InChI is InChI=1S/C19H29N3O2/c1-24-17-6-3-5-16(11-17)22-9-8-14(13-22)12-21-19(23)10-15-4-2-7-18(15)20/h3,5-6,11,14-15,18H,2,4,7-10,12-13,20H2,1H3,(H,21,23)/t14?,15-,18+/m0/s1. The van der Waals surface area contributed by atoms with E-state index in [2.05, 4.69) is 22.3 Å². The molecular formula is C19H29N3O2. The molecule has 24 heavy (non-hydrogen) atoms. The summed E-state index contributed by atoms with van der Waals surface area (Å²) in [5, 5.41) is 3.12. The third kappa shape index (κ3) is 4.20. The lowest BCUT2D eigenvalue weighted by molar-refractivity contribution is -0.122. The second-order valence-corrected chi connectivity index (χ2v) is 7.17. The molecule has 2 fully saturated rings. The van der Waals surface area contributed by atoms with Crippen molar-refractivity contribution in [3.8, 4) is 5.75 Å². The van der Waals surface area contributed by atoms with Crippen molar-refractivity contribution in [2.75, 3.05) is 31.6 Å². The summed E-state index contributed by atoms with van der Waals surface area (Å²) in [6, 6.07) is 8.39. The Bertz CT molecular complexity index is 563. The van der Waals surface area contributed by atoms with E-state index in [1.807, 2.05) is 12.1 Å². The molecule has 2 aliphatic rings. The number of amides is 1. The van der Waals surface area contributed by atoms with E-state index < -0.39 is 0 Å².